The van der Waals surface area contributed by atoms with Crippen LogP contribution in [0.25, 0.3) is 5.69 Å². The molecule has 0 unspecified atom stereocenters. The summed E-state index contributed by atoms with van der Waals surface area (Å²) in [4.78, 5) is 21.9. The SMILES string of the molecule is CCC1(Cn2ncn(-c3ccc(N4CCN(c5ccc(OC[C@H]6CO[C@](Cn7cncn7)(c7ccc(Cl)cc7Cl)O6)cc5)CC4)cc3)c2=O)COC1. The van der Waals surface area contributed by atoms with Crippen molar-refractivity contribution in [2.75, 3.05) is 62.4 Å². The van der Waals surface area contributed by atoms with Crippen molar-refractivity contribution < 1.29 is 18.9 Å². The standard InChI is InChI=1S/C37H40Cl2N8O5/c1-2-36(22-49-23-36)20-47-35(48)46(26-42-47)30-6-4-28(5-7-30)43-13-15-44(16-14-43)29-8-10-31(11-9-29)50-18-32-19-51-37(52-32,21-45-25-40-24-41-45)33-12-3-27(38)17-34(33)39/h3-12,17,24-26,32H,2,13-16,18-23H2,1H3/t32-,37-/m0/s1. The number of benzene rings is 3. The van der Waals surface area contributed by atoms with E-state index >= 15 is 0 Å². The van der Waals surface area contributed by atoms with E-state index in [1.165, 1.54) is 6.33 Å². The molecule has 0 spiro atoms. The van der Waals surface area contributed by atoms with E-state index in [1.807, 2.05) is 30.3 Å². The molecular weight excluding hydrogens is 707 g/mol. The number of anilines is 2. The molecule has 13 nitrogen and oxygen atoms in total. The molecular formula is C37H40Cl2N8O5. The van der Waals surface area contributed by atoms with Crippen LogP contribution in [0.5, 0.6) is 5.75 Å². The molecule has 5 heterocycles. The number of hydrogen-bond donors (Lipinski definition) is 0. The van der Waals surface area contributed by atoms with Crippen LogP contribution < -0.4 is 20.2 Å². The van der Waals surface area contributed by atoms with Gasteiger partial charge in [-0.2, -0.15) is 10.2 Å². The van der Waals surface area contributed by atoms with Crippen molar-refractivity contribution in [2.24, 2.45) is 5.41 Å². The first-order valence-electron chi connectivity index (χ1n) is 17.5. The Morgan fingerprint density at radius 1 is 0.865 bits per heavy atom. The highest BCUT2D eigenvalue weighted by Gasteiger charge is 2.46. The Hall–Kier alpha value is -4.40. The van der Waals surface area contributed by atoms with Crippen LogP contribution in [-0.4, -0.2) is 87.8 Å². The molecule has 8 rings (SSSR count). The van der Waals surface area contributed by atoms with Gasteiger partial charge in [0.15, 0.2) is 0 Å². The molecule has 0 amide bonds. The van der Waals surface area contributed by atoms with Crippen molar-refractivity contribution in [3.63, 3.8) is 0 Å². The highest BCUT2D eigenvalue weighted by atomic mass is 35.5. The second-order valence-corrected chi connectivity index (χ2v) is 14.4. The third-order valence-corrected chi connectivity index (χ3v) is 10.8. The summed E-state index contributed by atoms with van der Waals surface area (Å²) < 4.78 is 29.1. The molecule has 0 radical (unpaired) electrons. The number of rotatable bonds is 12. The molecule has 3 aliphatic heterocycles. The zero-order valence-electron chi connectivity index (χ0n) is 28.8. The van der Waals surface area contributed by atoms with Crippen LogP contribution in [0.4, 0.5) is 11.4 Å². The van der Waals surface area contributed by atoms with Crippen LogP contribution in [-0.2, 0) is 33.1 Å². The van der Waals surface area contributed by atoms with Crippen LogP contribution in [0, 0.1) is 5.41 Å². The molecule has 5 aromatic rings. The molecule has 0 N–H and O–H groups in total. The highest BCUT2D eigenvalue weighted by molar-refractivity contribution is 6.35. The van der Waals surface area contributed by atoms with Gasteiger partial charge in [-0.1, -0.05) is 36.2 Å². The molecule has 0 aliphatic carbocycles. The molecule has 3 aromatic carbocycles. The minimum atomic E-state index is -1.16. The van der Waals surface area contributed by atoms with Gasteiger partial charge >= 0.3 is 5.69 Å². The number of aromatic nitrogens is 6. The van der Waals surface area contributed by atoms with Gasteiger partial charge in [-0.15, -0.1) is 0 Å². The molecule has 52 heavy (non-hydrogen) atoms. The summed E-state index contributed by atoms with van der Waals surface area (Å²) in [6, 6.07) is 21.5. The fourth-order valence-electron chi connectivity index (χ4n) is 7.01. The normalized spacial score (nSPS) is 21.3. The second-order valence-electron chi connectivity index (χ2n) is 13.6. The molecule has 2 atom stereocenters. The zero-order chi connectivity index (χ0) is 35.7. The van der Waals surface area contributed by atoms with Crippen LogP contribution in [0.2, 0.25) is 10.0 Å². The predicted molar refractivity (Wildman–Crippen MR) is 197 cm³/mol. The van der Waals surface area contributed by atoms with E-state index in [4.69, 9.17) is 42.1 Å². The van der Waals surface area contributed by atoms with E-state index in [0.29, 0.717) is 48.6 Å². The van der Waals surface area contributed by atoms with Crippen LogP contribution in [0.3, 0.4) is 0 Å². The topological polar surface area (TPSA) is 114 Å². The van der Waals surface area contributed by atoms with Gasteiger partial charge in [0.25, 0.3) is 0 Å². The monoisotopic (exact) mass is 746 g/mol. The van der Waals surface area contributed by atoms with E-state index in [-0.39, 0.29) is 23.8 Å². The molecule has 3 aliphatic rings. The van der Waals surface area contributed by atoms with Crippen molar-refractivity contribution >= 4 is 34.6 Å². The number of nitrogens with zero attached hydrogens (tertiary/aromatic N) is 8. The summed E-state index contributed by atoms with van der Waals surface area (Å²) in [6.45, 7) is 8.46. The Balaban J connectivity index is 0.838. The van der Waals surface area contributed by atoms with Gasteiger partial charge in [-0.25, -0.2) is 23.7 Å². The lowest BCUT2D eigenvalue weighted by molar-refractivity contribution is -0.190. The molecule has 272 valence electrons. The fraction of sp³-hybridized carbons (Fsp3) is 0.405. The first-order chi connectivity index (χ1) is 25.3. The van der Waals surface area contributed by atoms with Crippen molar-refractivity contribution in [3.05, 3.63) is 112 Å². The van der Waals surface area contributed by atoms with Gasteiger partial charge in [0.2, 0.25) is 5.79 Å². The summed E-state index contributed by atoms with van der Waals surface area (Å²) >= 11 is 12.8. The Labute approximate surface area is 311 Å². The summed E-state index contributed by atoms with van der Waals surface area (Å²) in [5, 5.41) is 9.60. The molecule has 0 saturated carbocycles. The first-order valence-corrected chi connectivity index (χ1v) is 18.2. The van der Waals surface area contributed by atoms with Gasteiger partial charge in [0.1, 0.15) is 44.0 Å². The molecule has 2 aromatic heterocycles. The zero-order valence-corrected chi connectivity index (χ0v) is 30.3. The molecule has 3 saturated heterocycles. The molecule has 3 fully saturated rings. The van der Waals surface area contributed by atoms with Crippen molar-refractivity contribution in [2.45, 2.75) is 38.3 Å². The number of halogens is 2. The molecule has 0 bridgehead atoms. The largest absolute Gasteiger partial charge is 0.491 e. The van der Waals surface area contributed by atoms with E-state index in [9.17, 15) is 4.79 Å². The maximum atomic E-state index is 13.1. The quantitative estimate of drug-likeness (QED) is 0.172. The smallest absolute Gasteiger partial charge is 0.350 e. The fourth-order valence-corrected chi connectivity index (χ4v) is 7.56. The van der Waals surface area contributed by atoms with Crippen molar-refractivity contribution in [1.29, 1.82) is 0 Å². The van der Waals surface area contributed by atoms with Gasteiger partial charge in [-0.3, -0.25) is 0 Å². The Morgan fingerprint density at radius 3 is 2.17 bits per heavy atom. The highest BCUT2D eigenvalue weighted by Crippen LogP contribution is 2.40. The van der Waals surface area contributed by atoms with Gasteiger partial charge < -0.3 is 28.7 Å². The van der Waals surface area contributed by atoms with E-state index in [2.05, 4.69) is 56.2 Å². The third kappa shape index (κ3) is 7.03. The summed E-state index contributed by atoms with van der Waals surface area (Å²) in [6.07, 6.45) is 5.30. The lowest BCUT2D eigenvalue weighted by Crippen LogP contribution is -2.47. The minimum Gasteiger partial charge on any atom is -0.491 e. The van der Waals surface area contributed by atoms with Crippen LogP contribution >= 0.6 is 23.2 Å². The predicted octanol–water partition coefficient (Wildman–Crippen LogP) is 5.03. The van der Waals surface area contributed by atoms with E-state index in [0.717, 1.165) is 55.4 Å². The van der Waals surface area contributed by atoms with E-state index in [1.54, 1.807) is 38.7 Å². The first kappa shape index (κ1) is 34.7. The van der Waals surface area contributed by atoms with Crippen molar-refractivity contribution in [3.8, 4) is 11.4 Å². The minimum absolute atomic E-state index is 0.00954. The Kier molecular flexibility index (Phi) is 9.70. The van der Waals surface area contributed by atoms with Crippen LogP contribution in [0.15, 0.2) is 90.5 Å². The summed E-state index contributed by atoms with van der Waals surface area (Å²) in [5.41, 5.74) is 3.63. The summed E-state index contributed by atoms with van der Waals surface area (Å²) in [5.74, 6) is -0.416. The van der Waals surface area contributed by atoms with Crippen LogP contribution in [0.1, 0.15) is 18.9 Å². The average molecular weight is 748 g/mol. The maximum Gasteiger partial charge on any atom is 0.350 e. The van der Waals surface area contributed by atoms with Gasteiger partial charge in [0.05, 0.1) is 37.1 Å². The van der Waals surface area contributed by atoms with Crippen molar-refractivity contribution in [1.82, 2.24) is 29.1 Å². The summed E-state index contributed by atoms with van der Waals surface area (Å²) in [7, 11) is 0. The Morgan fingerprint density at radius 2 is 1.56 bits per heavy atom. The van der Waals surface area contributed by atoms with Gasteiger partial charge in [-0.05, 0) is 67.1 Å². The maximum absolute atomic E-state index is 13.1. The second kappa shape index (κ2) is 14.6. The average Bonchev–Trinajstić information content (AvgIpc) is 3.90. The lowest BCUT2D eigenvalue weighted by atomic mass is 9.83. The number of ether oxygens (including phenoxy) is 4. The number of piperazine rings is 1. The van der Waals surface area contributed by atoms with E-state index < -0.39 is 5.79 Å². The lowest BCUT2D eigenvalue weighted by Gasteiger charge is -2.40. The third-order valence-electron chi connectivity index (χ3n) is 10.2. The molecule has 15 heteroatoms. The van der Waals surface area contributed by atoms with Gasteiger partial charge in [0, 0.05) is 53.6 Å². The Bertz CT molecular complexity index is 2020. The number of hydrogen-bond acceptors (Lipinski definition) is 10.